The molecule has 0 spiro atoms. The molecule has 17 heavy (non-hydrogen) atoms. The second kappa shape index (κ2) is 5.17. The number of aromatic nitrogens is 2. The van der Waals surface area contributed by atoms with Crippen molar-refractivity contribution in [3.63, 3.8) is 0 Å². The SMILES string of the molecule is CC(=O)/C(=C(\N)c1ccn(C(C)C)n1)C(C)C. The first-order chi connectivity index (χ1) is 7.84. The molecule has 0 aromatic carbocycles. The average molecular weight is 235 g/mol. The number of nitrogens with zero attached hydrogens (tertiary/aromatic N) is 2. The van der Waals surface area contributed by atoms with Crippen molar-refractivity contribution in [3.05, 3.63) is 23.5 Å². The molecule has 4 heteroatoms. The van der Waals surface area contributed by atoms with Crippen molar-refractivity contribution in [2.75, 3.05) is 0 Å². The molecule has 1 rings (SSSR count). The summed E-state index contributed by atoms with van der Waals surface area (Å²) >= 11 is 0. The molecule has 0 aliphatic carbocycles. The number of carbonyl (C=O) groups is 1. The van der Waals surface area contributed by atoms with Gasteiger partial charge in [-0.25, -0.2) is 0 Å². The molecule has 0 bridgehead atoms. The number of allylic oxidation sites excluding steroid dienone is 1. The number of Topliss-reactive ketones (excluding diaryl/α,β-unsaturated/α-hetero) is 1. The molecule has 1 aromatic rings. The van der Waals surface area contributed by atoms with Crippen molar-refractivity contribution in [2.45, 2.75) is 40.7 Å². The van der Waals surface area contributed by atoms with Crippen molar-refractivity contribution >= 4 is 11.5 Å². The molecule has 0 saturated carbocycles. The first kappa shape index (κ1) is 13.5. The van der Waals surface area contributed by atoms with Gasteiger partial charge in [-0.2, -0.15) is 5.10 Å². The van der Waals surface area contributed by atoms with E-state index in [9.17, 15) is 4.79 Å². The van der Waals surface area contributed by atoms with Crippen molar-refractivity contribution < 1.29 is 4.79 Å². The van der Waals surface area contributed by atoms with E-state index < -0.39 is 0 Å². The van der Waals surface area contributed by atoms with Crippen LogP contribution in [-0.2, 0) is 4.79 Å². The molecule has 0 amide bonds. The van der Waals surface area contributed by atoms with Crippen LogP contribution in [0.1, 0.15) is 46.4 Å². The van der Waals surface area contributed by atoms with Crippen LogP contribution in [0.25, 0.3) is 5.70 Å². The number of hydrogen-bond donors (Lipinski definition) is 1. The van der Waals surface area contributed by atoms with Gasteiger partial charge >= 0.3 is 0 Å². The van der Waals surface area contributed by atoms with Gasteiger partial charge in [-0.1, -0.05) is 13.8 Å². The molecule has 0 radical (unpaired) electrons. The summed E-state index contributed by atoms with van der Waals surface area (Å²) in [5, 5.41) is 4.38. The molecule has 1 heterocycles. The maximum absolute atomic E-state index is 11.6. The van der Waals surface area contributed by atoms with Crippen LogP contribution in [0.15, 0.2) is 17.8 Å². The highest BCUT2D eigenvalue weighted by Gasteiger charge is 2.16. The van der Waals surface area contributed by atoms with Gasteiger partial charge < -0.3 is 5.73 Å². The Kier molecular flexibility index (Phi) is 4.10. The average Bonchev–Trinajstić information content (AvgIpc) is 2.64. The lowest BCUT2D eigenvalue weighted by Gasteiger charge is -2.11. The molecule has 94 valence electrons. The first-order valence-electron chi connectivity index (χ1n) is 5.90. The van der Waals surface area contributed by atoms with E-state index in [1.807, 2.05) is 44.6 Å². The fourth-order valence-electron chi connectivity index (χ4n) is 1.81. The summed E-state index contributed by atoms with van der Waals surface area (Å²) in [6.07, 6.45) is 1.88. The topological polar surface area (TPSA) is 60.9 Å². The minimum Gasteiger partial charge on any atom is -0.397 e. The van der Waals surface area contributed by atoms with Gasteiger partial charge in [0.25, 0.3) is 0 Å². The lowest BCUT2D eigenvalue weighted by molar-refractivity contribution is -0.113. The van der Waals surface area contributed by atoms with E-state index in [1.54, 1.807) is 6.92 Å². The third-order valence-electron chi connectivity index (χ3n) is 2.66. The van der Waals surface area contributed by atoms with Crippen LogP contribution in [0.3, 0.4) is 0 Å². The van der Waals surface area contributed by atoms with Crippen molar-refractivity contribution in [1.82, 2.24) is 9.78 Å². The largest absolute Gasteiger partial charge is 0.397 e. The lowest BCUT2D eigenvalue weighted by atomic mass is 9.96. The third kappa shape index (κ3) is 2.96. The van der Waals surface area contributed by atoms with E-state index in [0.29, 0.717) is 17.0 Å². The van der Waals surface area contributed by atoms with Gasteiger partial charge in [0.15, 0.2) is 5.78 Å². The number of nitrogens with two attached hydrogens (primary N) is 1. The summed E-state index contributed by atoms with van der Waals surface area (Å²) in [5.74, 6) is 0.119. The van der Waals surface area contributed by atoms with Crippen LogP contribution in [-0.4, -0.2) is 15.6 Å². The van der Waals surface area contributed by atoms with Crippen LogP contribution in [0.4, 0.5) is 0 Å². The van der Waals surface area contributed by atoms with Gasteiger partial charge in [0.2, 0.25) is 0 Å². The second-order valence-corrected chi connectivity index (χ2v) is 4.81. The number of rotatable bonds is 4. The fraction of sp³-hybridized carbons (Fsp3) is 0.538. The molecule has 0 saturated heterocycles. The standard InChI is InChI=1S/C13H21N3O/c1-8(2)12(10(5)17)13(14)11-6-7-16(15-11)9(3)4/h6-9H,14H2,1-5H3/b13-12-. The predicted octanol–water partition coefficient (Wildman–Crippen LogP) is 2.38. The summed E-state index contributed by atoms with van der Waals surface area (Å²) in [4.78, 5) is 11.6. The molecular weight excluding hydrogens is 214 g/mol. The van der Waals surface area contributed by atoms with E-state index >= 15 is 0 Å². The van der Waals surface area contributed by atoms with Crippen LogP contribution in [0, 0.1) is 5.92 Å². The minimum atomic E-state index is 0.0107. The zero-order chi connectivity index (χ0) is 13.2. The summed E-state index contributed by atoms with van der Waals surface area (Å²) in [5.41, 5.74) is 7.86. The maximum atomic E-state index is 11.6. The Bertz CT molecular complexity index is 441. The van der Waals surface area contributed by atoms with E-state index in [4.69, 9.17) is 5.73 Å². The Labute approximate surface area is 102 Å². The zero-order valence-electron chi connectivity index (χ0n) is 11.2. The molecule has 4 nitrogen and oxygen atoms in total. The fourth-order valence-corrected chi connectivity index (χ4v) is 1.81. The van der Waals surface area contributed by atoms with E-state index in [2.05, 4.69) is 5.10 Å². The molecule has 0 aliphatic rings. The third-order valence-corrected chi connectivity index (χ3v) is 2.66. The van der Waals surface area contributed by atoms with Gasteiger partial charge in [0, 0.05) is 17.8 Å². The maximum Gasteiger partial charge on any atom is 0.158 e. The molecule has 0 atom stereocenters. The number of ketones is 1. The Morgan fingerprint density at radius 1 is 1.35 bits per heavy atom. The highest BCUT2D eigenvalue weighted by Crippen LogP contribution is 2.20. The highest BCUT2D eigenvalue weighted by molar-refractivity contribution is 6.00. The summed E-state index contributed by atoms with van der Waals surface area (Å²) in [6.45, 7) is 9.56. The molecule has 0 unspecified atom stereocenters. The number of hydrogen-bond acceptors (Lipinski definition) is 3. The Morgan fingerprint density at radius 3 is 2.29 bits per heavy atom. The van der Waals surface area contributed by atoms with Crippen LogP contribution < -0.4 is 5.73 Å². The molecule has 0 fully saturated rings. The van der Waals surface area contributed by atoms with Crippen molar-refractivity contribution in [1.29, 1.82) is 0 Å². The molecule has 2 N–H and O–H groups in total. The summed E-state index contributed by atoms with van der Waals surface area (Å²) in [7, 11) is 0. The van der Waals surface area contributed by atoms with Gasteiger partial charge in [-0.15, -0.1) is 0 Å². The smallest absolute Gasteiger partial charge is 0.158 e. The normalized spacial score (nSPS) is 13.1. The van der Waals surface area contributed by atoms with Gasteiger partial charge in [-0.05, 0) is 32.8 Å². The molecular formula is C13H21N3O. The quantitative estimate of drug-likeness (QED) is 0.815. The van der Waals surface area contributed by atoms with E-state index in [1.165, 1.54) is 0 Å². The second-order valence-electron chi connectivity index (χ2n) is 4.81. The zero-order valence-corrected chi connectivity index (χ0v) is 11.2. The summed E-state index contributed by atoms with van der Waals surface area (Å²) in [6, 6.07) is 2.14. The molecule has 0 aliphatic heterocycles. The van der Waals surface area contributed by atoms with Crippen molar-refractivity contribution in [2.24, 2.45) is 11.7 Å². The van der Waals surface area contributed by atoms with Gasteiger partial charge in [-0.3, -0.25) is 9.48 Å². The van der Waals surface area contributed by atoms with Crippen LogP contribution in [0.5, 0.6) is 0 Å². The van der Waals surface area contributed by atoms with Gasteiger partial charge in [0.1, 0.15) is 5.69 Å². The molecule has 1 aromatic heterocycles. The Hall–Kier alpha value is -1.58. The summed E-state index contributed by atoms with van der Waals surface area (Å²) < 4.78 is 1.83. The van der Waals surface area contributed by atoms with Crippen LogP contribution >= 0.6 is 0 Å². The number of carbonyl (C=O) groups excluding carboxylic acids is 1. The highest BCUT2D eigenvalue weighted by atomic mass is 16.1. The van der Waals surface area contributed by atoms with Crippen molar-refractivity contribution in [3.8, 4) is 0 Å². The van der Waals surface area contributed by atoms with Gasteiger partial charge in [0.05, 0.1) is 5.70 Å². The van der Waals surface area contributed by atoms with E-state index in [0.717, 1.165) is 0 Å². The lowest BCUT2D eigenvalue weighted by Crippen LogP contribution is -2.13. The first-order valence-corrected chi connectivity index (χ1v) is 5.90. The van der Waals surface area contributed by atoms with E-state index in [-0.39, 0.29) is 17.7 Å². The van der Waals surface area contributed by atoms with Crippen LogP contribution in [0.2, 0.25) is 0 Å². The Morgan fingerprint density at radius 2 is 1.94 bits per heavy atom. The Balaban J connectivity index is 3.20. The minimum absolute atomic E-state index is 0.0107. The monoisotopic (exact) mass is 235 g/mol. The predicted molar refractivity (Wildman–Crippen MR) is 69.2 cm³/mol.